The van der Waals surface area contributed by atoms with E-state index in [1.807, 2.05) is 18.2 Å². The molecule has 0 saturated carbocycles. The summed E-state index contributed by atoms with van der Waals surface area (Å²) in [4.78, 5) is 2.30. The normalized spacial score (nSPS) is 27.2. The van der Waals surface area contributed by atoms with Crippen LogP contribution in [0.5, 0.6) is 5.75 Å². The summed E-state index contributed by atoms with van der Waals surface area (Å²) in [7, 11) is 0. The molecule has 3 nitrogen and oxygen atoms in total. The lowest BCUT2D eigenvalue weighted by Gasteiger charge is -2.35. The number of fused-ring (bicyclic) bond motifs is 1. The van der Waals surface area contributed by atoms with Crippen LogP contribution in [0.3, 0.4) is 0 Å². The minimum Gasteiger partial charge on any atom is -0.492 e. The molecule has 1 aromatic carbocycles. The maximum atomic E-state index is 9.87. The van der Waals surface area contributed by atoms with Gasteiger partial charge in [0.1, 0.15) is 11.3 Å². The minimum absolute atomic E-state index is 0.562. The monoisotopic (exact) mass is 276 g/mol. The predicted octanol–water partition coefficient (Wildman–Crippen LogP) is 3.33. The molecule has 3 rings (SSSR count). The van der Waals surface area contributed by atoms with Crippen LogP contribution >= 0.6 is 11.6 Å². The van der Waals surface area contributed by atoms with E-state index in [2.05, 4.69) is 11.0 Å². The summed E-state index contributed by atoms with van der Waals surface area (Å²) in [6.07, 6.45) is 4.03. The van der Waals surface area contributed by atoms with Crippen LogP contribution in [0, 0.1) is 11.3 Å². The third kappa shape index (κ3) is 2.00. The number of ether oxygens (including phenoxy) is 1. The summed E-state index contributed by atoms with van der Waals surface area (Å²) in [5.41, 5.74) is 0.384. The van der Waals surface area contributed by atoms with Crippen molar-refractivity contribution in [1.29, 1.82) is 5.26 Å². The Kier molecular flexibility index (Phi) is 3.38. The van der Waals surface area contributed by atoms with Gasteiger partial charge in [-0.1, -0.05) is 23.7 Å². The molecule has 1 saturated heterocycles. The lowest BCUT2D eigenvalue weighted by molar-refractivity contribution is 0.162. The quantitative estimate of drug-likeness (QED) is 0.789. The summed E-state index contributed by atoms with van der Waals surface area (Å²) in [5.74, 6) is 0.704. The van der Waals surface area contributed by atoms with Crippen molar-refractivity contribution in [3.8, 4) is 11.8 Å². The Labute approximate surface area is 118 Å². The van der Waals surface area contributed by atoms with Gasteiger partial charge in [0.2, 0.25) is 0 Å². The number of nitrogens with zero attached hydrogens (tertiary/aromatic N) is 2. The van der Waals surface area contributed by atoms with Crippen molar-refractivity contribution in [3.05, 3.63) is 28.8 Å². The molecule has 1 atom stereocenters. The average Bonchev–Trinajstić information content (AvgIpc) is 2.89. The summed E-state index contributed by atoms with van der Waals surface area (Å²) in [5, 5.41) is 10.5. The van der Waals surface area contributed by atoms with E-state index in [1.54, 1.807) is 0 Å². The Bertz CT molecular complexity index is 519. The van der Waals surface area contributed by atoms with Crippen LogP contribution in [0.1, 0.15) is 31.2 Å². The molecule has 0 aromatic heterocycles. The van der Waals surface area contributed by atoms with Gasteiger partial charge in [0.05, 0.1) is 17.7 Å². The molecular weight excluding hydrogens is 260 g/mol. The van der Waals surface area contributed by atoms with Crippen molar-refractivity contribution < 1.29 is 4.74 Å². The SMILES string of the molecule is N#CC1(N2CCCC2)CCCOc2c(Cl)cccc21. The van der Waals surface area contributed by atoms with Crippen LogP contribution in [-0.4, -0.2) is 24.6 Å². The Morgan fingerprint density at radius 3 is 2.79 bits per heavy atom. The lowest BCUT2D eigenvalue weighted by atomic mass is 9.85. The molecule has 0 bridgehead atoms. The van der Waals surface area contributed by atoms with Crippen molar-refractivity contribution in [1.82, 2.24) is 4.90 Å². The van der Waals surface area contributed by atoms with Gasteiger partial charge in [0, 0.05) is 18.7 Å². The average molecular weight is 277 g/mol. The summed E-state index contributed by atoms with van der Waals surface area (Å²) < 4.78 is 5.79. The van der Waals surface area contributed by atoms with Gasteiger partial charge >= 0.3 is 0 Å². The largest absolute Gasteiger partial charge is 0.492 e. The Morgan fingerprint density at radius 1 is 1.26 bits per heavy atom. The van der Waals surface area contributed by atoms with Gasteiger partial charge in [0.15, 0.2) is 0 Å². The first kappa shape index (κ1) is 12.8. The topological polar surface area (TPSA) is 36.3 Å². The Balaban J connectivity index is 2.15. The minimum atomic E-state index is -0.562. The standard InChI is InChI=1S/C15H17ClN2O/c16-13-6-3-5-12-14(13)19-10-4-7-15(12,11-17)18-8-1-2-9-18/h3,5-6H,1-2,4,7-10H2. The molecule has 100 valence electrons. The van der Waals surface area contributed by atoms with Gasteiger partial charge in [0.25, 0.3) is 0 Å². The van der Waals surface area contributed by atoms with Gasteiger partial charge in [-0.05, 0) is 31.7 Å². The molecule has 0 radical (unpaired) electrons. The highest BCUT2D eigenvalue weighted by atomic mass is 35.5. The molecule has 1 unspecified atom stereocenters. The van der Waals surface area contributed by atoms with Crippen molar-refractivity contribution in [2.75, 3.05) is 19.7 Å². The molecular formula is C15H17ClN2O. The van der Waals surface area contributed by atoms with E-state index in [0.717, 1.165) is 31.5 Å². The molecule has 19 heavy (non-hydrogen) atoms. The third-order valence-electron chi connectivity index (χ3n) is 4.17. The van der Waals surface area contributed by atoms with E-state index < -0.39 is 5.54 Å². The zero-order valence-corrected chi connectivity index (χ0v) is 11.6. The first-order valence-corrected chi connectivity index (χ1v) is 7.24. The third-order valence-corrected chi connectivity index (χ3v) is 4.47. The molecule has 0 spiro atoms. The number of hydrogen-bond donors (Lipinski definition) is 0. The zero-order valence-electron chi connectivity index (χ0n) is 10.9. The second-order valence-corrected chi connectivity index (χ2v) is 5.64. The van der Waals surface area contributed by atoms with Crippen LogP contribution in [0.2, 0.25) is 5.02 Å². The van der Waals surface area contributed by atoms with E-state index in [4.69, 9.17) is 16.3 Å². The van der Waals surface area contributed by atoms with Gasteiger partial charge in [-0.25, -0.2) is 0 Å². The first-order chi connectivity index (χ1) is 9.28. The van der Waals surface area contributed by atoms with Crippen molar-refractivity contribution in [2.24, 2.45) is 0 Å². The van der Waals surface area contributed by atoms with Gasteiger partial charge < -0.3 is 4.74 Å². The van der Waals surface area contributed by atoms with Crippen LogP contribution in [0.15, 0.2) is 18.2 Å². The molecule has 2 aliphatic heterocycles. The molecule has 1 aromatic rings. The highest BCUT2D eigenvalue weighted by Crippen LogP contribution is 2.44. The first-order valence-electron chi connectivity index (χ1n) is 6.86. The van der Waals surface area contributed by atoms with E-state index >= 15 is 0 Å². The number of benzene rings is 1. The number of para-hydroxylation sites is 1. The Morgan fingerprint density at radius 2 is 2.05 bits per heavy atom. The number of rotatable bonds is 1. The van der Waals surface area contributed by atoms with Gasteiger partial charge in [-0.3, -0.25) is 4.90 Å². The maximum Gasteiger partial charge on any atom is 0.144 e. The molecule has 2 aliphatic rings. The van der Waals surface area contributed by atoms with E-state index in [0.29, 0.717) is 17.4 Å². The number of likely N-dealkylation sites (tertiary alicyclic amines) is 1. The molecule has 4 heteroatoms. The number of nitriles is 1. The fourth-order valence-corrected chi connectivity index (χ4v) is 3.46. The fraction of sp³-hybridized carbons (Fsp3) is 0.533. The van der Waals surface area contributed by atoms with E-state index in [9.17, 15) is 5.26 Å². The zero-order chi connectivity index (χ0) is 13.3. The molecule has 1 fully saturated rings. The van der Waals surface area contributed by atoms with Gasteiger partial charge in [-0.15, -0.1) is 0 Å². The highest BCUT2D eigenvalue weighted by Gasteiger charge is 2.43. The van der Waals surface area contributed by atoms with Crippen LogP contribution in [-0.2, 0) is 5.54 Å². The van der Waals surface area contributed by atoms with Crippen molar-refractivity contribution in [2.45, 2.75) is 31.2 Å². The highest BCUT2D eigenvalue weighted by molar-refractivity contribution is 6.32. The number of halogens is 1. The van der Waals surface area contributed by atoms with Gasteiger partial charge in [-0.2, -0.15) is 5.26 Å². The molecule has 0 N–H and O–H groups in total. The summed E-state index contributed by atoms with van der Waals surface area (Å²) in [6.45, 7) is 2.60. The predicted molar refractivity (Wildman–Crippen MR) is 74.3 cm³/mol. The lowest BCUT2D eigenvalue weighted by Crippen LogP contribution is -2.43. The summed E-state index contributed by atoms with van der Waals surface area (Å²) >= 11 is 6.25. The number of hydrogen-bond acceptors (Lipinski definition) is 3. The van der Waals surface area contributed by atoms with Crippen LogP contribution in [0.25, 0.3) is 0 Å². The summed E-state index contributed by atoms with van der Waals surface area (Å²) in [6, 6.07) is 8.31. The van der Waals surface area contributed by atoms with Crippen molar-refractivity contribution in [3.63, 3.8) is 0 Å². The van der Waals surface area contributed by atoms with E-state index in [-0.39, 0.29) is 0 Å². The van der Waals surface area contributed by atoms with Crippen molar-refractivity contribution >= 4 is 11.6 Å². The smallest absolute Gasteiger partial charge is 0.144 e. The second kappa shape index (κ2) is 5.03. The molecule has 2 heterocycles. The van der Waals surface area contributed by atoms with Crippen LogP contribution < -0.4 is 4.74 Å². The molecule has 0 amide bonds. The van der Waals surface area contributed by atoms with E-state index in [1.165, 1.54) is 12.8 Å². The second-order valence-electron chi connectivity index (χ2n) is 5.23. The fourth-order valence-electron chi connectivity index (χ4n) is 3.23. The van der Waals surface area contributed by atoms with Crippen LogP contribution in [0.4, 0.5) is 0 Å². The maximum absolute atomic E-state index is 9.87. The Hall–Kier alpha value is -1.24. The molecule has 0 aliphatic carbocycles.